The second-order valence-corrected chi connectivity index (χ2v) is 10.6. The molecule has 1 N–H and O–H groups in total. The van der Waals surface area contributed by atoms with Crippen LogP contribution >= 0.6 is 11.8 Å². The van der Waals surface area contributed by atoms with Gasteiger partial charge in [0, 0.05) is 12.3 Å². The van der Waals surface area contributed by atoms with Gasteiger partial charge < -0.3 is 5.32 Å². The van der Waals surface area contributed by atoms with Crippen LogP contribution in [0.15, 0.2) is 89.8 Å². The first kappa shape index (κ1) is 24.9. The molecule has 0 radical (unpaired) electrons. The van der Waals surface area contributed by atoms with Crippen molar-refractivity contribution < 1.29 is 13.2 Å². The van der Waals surface area contributed by atoms with E-state index >= 15 is 0 Å². The molecule has 0 saturated heterocycles. The van der Waals surface area contributed by atoms with Gasteiger partial charge in [-0.1, -0.05) is 67.6 Å². The van der Waals surface area contributed by atoms with Crippen LogP contribution in [0, 0.1) is 0 Å². The number of rotatable bonds is 12. The summed E-state index contributed by atoms with van der Waals surface area (Å²) in [6, 6.07) is 25.8. The van der Waals surface area contributed by atoms with Crippen LogP contribution in [0.25, 0.3) is 0 Å². The number of nitrogens with one attached hydrogen (secondary N) is 1. The highest BCUT2D eigenvalue weighted by Gasteiger charge is 2.26. The summed E-state index contributed by atoms with van der Waals surface area (Å²) in [5.74, 6) is 1.54. The smallest absolute Gasteiger partial charge is 0.264 e. The maximum absolute atomic E-state index is 13.3. The quantitative estimate of drug-likeness (QED) is 0.374. The Morgan fingerprint density at radius 1 is 0.879 bits per heavy atom. The van der Waals surface area contributed by atoms with Gasteiger partial charge >= 0.3 is 0 Å². The van der Waals surface area contributed by atoms with E-state index in [4.69, 9.17) is 0 Å². The first-order valence-electron chi connectivity index (χ1n) is 11.1. The van der Waals surface area contributed by atoms with Gasteiger partial charge in [0.1, 0.15) is 6.54 Å². The summed E-state index contributed by atoms with van der Waals surface area (Å²) in [7, 11) is -3.87. The highest BCUT2D eigenvalue weighted by molar-refractivity contribution is 7.98. The third-order valence-corrected chi connectivity index (χ3v) is 8.05. The number of amides is 1. The van der Waals surface area contributed by atoms with Crippen molar-refractivity contribution in [2.24, 2.45) is 0 Å². The lowest BCUT2D eigenvalue weighted by molar-refractivity contribution is -0.119. The summed E-state index contributed by atoms with van der Waals surface area (Å²) < 4.78 is 27.8. The summed E-state index contributed by atoms with van der Waals surface area (Å²) >= 11 is 1.82. The molecule has 0 heterocycles. The molecule has 0 aliphatic rings. The molecule has 0 fully saturated rings. The lowest BCUT2D eigenvalue weighted by Gasteiger charge is -2.24. The van der Waals surface area contributed by atoms with Crippen LogP contribution in [0.3, 0.4) is 0 Å². The molecule has 7 heteroatoms. The molecule has 3 aromatic carbocycles. The number of thioether (sulfide) groups is 1. The van der Waals surface area contributed by atoms with Gasteiger partial charge in [-0.15, -0.1) is 0 Å². The molecule has 0 saturated carbocycles. The van der Waals surface area contributed by atoms with E-state index < -0.39 is 10.0 Å². The first-order valence-corrected chi connectivity index (χ1v) is 13.7. The van der Waals surface area contributed by atoms with Crippen molar-refractivity contribution in [1.29, 1.82) is 0 Å². The Labute approximate surface area is 201 Å². The molecule has 0 aliphatic heterocycles. The molecule has 0 spiro atoms. The summed E-state index contributed by atoms with van der Waals surface area (Å²) in [5.41, 5.74) is 2.86. The minimum Gasteiger partial charge on any atom is -0.354 e. The van der Waals surface area contributed by atoms with E-state index in [1.807, 2.05) is 49.0 Å². The van der Waals surface area contributed by atoms with Gasteiger partial charge in [-0.05, 0) is 54.0 Å². The molecule has 0 bridgehead atoms. The van der Waals surface area contributed by atoms with Crippen LogP contribution in [-0.4, -0.2) is 33.2 Å². The number of carbonyl (C=O) groups is 1. The Hall–Kier alpha value is -2.77. The molecule has 174 valence electrons. The lowest BCUT2D eigenvalue weighted by Crippen LogP contribution is -2.41. The minimum absolute atomic E-state index is 0.162. The van der Waals surface area contributed by atoms with Gasteiger partial charge in [-0.25, -0.2) is 8.42 Å². The number of aryl methyl sites for hydroxylation is 1. The fraction of sp³-hybridized carbons (Fsp3) is 0.269. The number of sulfonamides is 1. The van der Waals surface area contributed by atoms with Crippen molar-refractivity contribution in [3.05, 3.63) is 96.1 Å². The number of hydrogen-bond acceptors (Lipinski definition) is 4. The topological polar surface area (TPSA) is 66.5 Å². The first-order chi connectivity index (χ1) is 16.0. The Kier molecular flexibility index (Phi) is 9.39. The summed E-state index contributed by atoms with van der Waals surface area (Å²) in [5, 5.41) is 2.87. The van der Waals surface area contributed by atoms with Crippen molar-refractivity contribution >= 4 is 33.4 Å². The van der Waals surface area contributed by atoms with Crippen molar-refractivity contribution in [2.45, 2.75) is 30.4 Å². The molecule has 0 atom stereocenters. The normalized spacial score (nSPS) is 11.2. The Morgan fingerprint density at radius 2 is 1.52 bits per heavy atom. The Balaban J connectivity index is 1.59. The fourth-order valence-corrected chi connectivity index (χ4v) is 5.65. The predicted molar refractivity (Wildman–Crippen MR) is 137 cm³/mol. The second-order valence-electron chi connectivity index (χ2n) is 7.59. The van der Waals surface area contributed by atoms with E-state index in [1.165, 1.54) is 9.87 Å². The van der Waals surface area contributed by atoms with E-state index in [-0.39, 0.29) is 17.3 Å². The fourth-order valence-electron chi connectivity index (χ4n) is 3.29. The molecule has 33 heavy (non-hydrogen) atoms. The summed E-state index contributed by atoms with van der Waals surface area (Å²) in [4.78, 5) is 12.8. The van der Waals surface area contributed by atoms with Gasteiger partial charge in [0.05, 0.1) is 10.6 Å². The molecule has 0 unspecified atom stereocenters. The van der Waals surface area contributed by atoms with Crippen LogP contribution in [0.2, 0.25) is 0 Å². The van der Waals surface area contributed by atoms with E-state index in [2.05, 4.69) is 17.4 Å². The molecule has 0 aromatic heterocycles. The van der Waals surface area contributed by atoms with Crippen LogP contribution in [-0.2, 0) is 27.0 Å². The van der Waals surface area contributed by atoms with Crippen LogP contribution in [0.4, 0.5) is 5.69 Å². The molecule has 3 rings (SSSR count). The second kappa shape index (κ2) is 12.5. The SMILES string of the molecule is CCc1ccc(N(CC(=O)NCCCSCc2ccccc2)S(=O)(=O)c2ccccc2)cc1. The molecule has 0 aliphatic carbocycles. The van der Waals surface area contributed by atoms with Gasteiger partial charge in [0.25, 0.3) is 10.0 Å². The average molecular weight is 483 g/mol. The zero-order valence-corrected chi connectivity index (χ0v) is 20.4. The van der Waals surface area contributed by atoms with Crippen LogP contribution in [0.1, 0.15) is 24.5 Å². The third kappa shape index (κ3) is 7.37. The lowest BCUT2D eigenvalue weighted by atomic mass is 10.1. The standard InChI is InChI=1S/C26H30N2O3S2/c1-2-22-14-16-24(17-15-22)28(33(30,31)25-12-7-4-8-13-25)20-26(29)27-18-9-19-32-21-23-10-5-3-6-11-23/h3-8,10-17H,2,9,18-21H2,1H3,(H,27,29). The molecular formula is C26H30N2O3S2. The van der Waals surface area contributed by atoms with Gasteiger partial charge in [-0.2, -0.15) is 11.8 Å². The average Bonchev–Trinajstić information content (AvgIpc) is 2.86. The number of hydrogen-bond donors (Lipinski definition) is 1. The predicted octanol–water partition coefficient (Wildman–Crippen LogP) is 4.88. The highest BCUT2D eigenvalue weighted by Crippen LogP contribution is 2.24. The van der Waals surface area contributed by atoms with Gasteiger partial charge in [0.15, 0.2) is 0 Å². The largest absolute Gasteiger partial charge is 0.354 e. The van der Waals surface area contributed by atoms with Gasteiger partial charge in [-0.3, -0.25) is 9.10 Å². The van der Waals surface area contributed by atoms with Crippen molar-refractivity contribution in [1.82, 2.24) is 5.32 Å². The molecule has 3 aromatic rings. The zero-order valence-electron chi connectivity index (χ0n) is 18.8. The van der Waals surface area contributed by atoms with Crippen molar-refractivity contribution in [3.63, 3.8) is 0 Å². The maximum Gasteiger partial charge on any atom is 0.264 e. The zero-order chi connectivity index (χ0) is 23.5. The Morgan fingerprint density at radius 3 is 2.15 bits per heavy atom. The monoisotopic (exact) mass is 482 g/mol. The number of carbonyl (C=O) groups excluding carboxylic acids is 1. The molecule has 5 nitrogen and oxygen atoms in total. The van der Waals surface area contributed by atoms with Crippen LogP contribution in [0.5, 0.6) is 0 Å². The van der Waals surface area contributed by atoms with Crippen molar-refractivity contribution in [3.8, 4) is 0 Å². The summed E-state index contributed by atoms with van der Waals surface area (Å²) in [6.45, 7) is 2.29. The minimum atomic E-state index is -3.87. The van der Waals surface area contributed by atoms with E-state index in [0.717, 1.165) is 29.9 Å². The molecular weight excluding hydrogens is 452 g/mol. The number of benzene rings is 3. The van der Waals surface area contributed by atoms with E-state index in [0.29, 0.717) is 12.2 Å². The number of anilines is 1. The van der Waals surface area contributed by atoms with E-state index in [1.54, 1.807) is 42.5 Å². The van der Waals surface area contributed by atoms with E-state index in [9.17, 15) is 13.2 Å². The van der Waals surface area contributed by atoms with Gasteiger partial charge in [0.2, 0.25) is 5.91 Å². The number of nitrogens with zero attached hydrogens (tertiary/aromatic N) is 1. The van der Waals surface area contributed by atoms with Crippen LogP contribution < -0.4 is 9.62 Å². The summed E-state index contributed by atoms with van der Waals surface area (Å²) in [6.07, 6.45) is 1.67. The maximum atomic E-state index is 13.3. The third-order valence-electron chi connectivity index (χ3n) is 5.15. The Bertz CT molecular complexity index is 1100. The highest BCUT2D eigenvalue weighted by atomic mass is 32.2. The van der Waals surface area contributed by atoms with Crippen molar-refractivity contribution in [2.75, 3.05) is 23.1 Å². The molecule has 1 amide bonds.